The number of phenolic OH excluding ortho intramolecular Hbond substituents is 1. The summed E-state index contributed by atoms with van der Waals surface area (Å²) in [5, 5.41) is 23.6. The second kappa shape index (κ2) is 4.08. The molecule has 1 aromatic heterocycles. The molecule has 1 heterocycles. The van der Waals surface area contributed by atoms with Crippen molar-refractivity contribution in [3.8, 4) is 5.75 Å². The number of hydrogen-bond donors (Lipinski definition) is 2. The molecule has 1 unspecified atom stereocenters. The molecule has 90 valence electrons. The Balaban J connectivity index is 2.72. The van der Waals surface area contributed by atoms with Gasteiger partial charge in [-0.1, -0.05) is 0 Å². The molecule has 0 amide bonds. The molecular formula is C12H14N2O3. The molecule has 0 saturated heterocycles. The normalized spacial score (nSPS) is 12.8. The molecule has 5 nitrogen and oxygen atoms in total. The van der Waals surface area contributed by atoms with Crippen LogP contribution in [-0.2, 0) is 11.3 Å². The summed E-state index contributed by atoms with van der Waals surface area (Å²) < 4.78 is 1.67. The van der Waals surface area contributed by atoms with Gasteiger partial charge in [-0.25, -0.2) is 0 Å². The van der Waals surface area contributed by atoms with Crippen molar-refractivity contribution in [3.63, 3.8) is 0 Å². The molecular weight excluding hydrogens is 220 g/mol. The smallest absolute Gasteiger partial charge is 0.312 e. The van der Waals surface area contributed by atoms with Gasteiger partial charge in [0.2, 0.25) is 0 Å². The fourth-order valence-electron chi connectivity index (χ4n) is 1.95. The zero-order chi connectivity index (χ0) is 12.6. The Morgan fingerprint density at radius 2 is 2.24 bits per heavy atom. The Hall–Kier alpha value is -2.04. The highest BCUT2D eigenvalue weighted by molar-refractivity contribution is 5.88. The first-order chi connectivity index (χ1) is 8.04. The average molecular weight is 234 g/mol. The summed E-state index contributed by atoms with van der Waals surface area (Å²) in [5.41, 5.74) is 1.33. The highest BCUT2D eigenvalue weighted by atomic mass is 16.4. The third kappa shape index (κ3) is 1.84. The lowest BCUT2D eigenvalue weighted by Crippen LogP contribution is -2.13. The fraction of sp³-hybridized carbons (Fsp3) is 0.333. The average Bonchev–Trinajstić information content (AvgIpc) is 2.65. The number of carbonyl (C=O) groups is 1. The monoisotopic (exact) mass is 234 g/mol. The summed E-state index contributed by atoms with van der Waals surface area (Å²) in [6.07, 6.45) is 0. The maximum atomic E-state index is 11.1. The van der Waals surface area contributed by atoms with Gasteiger partial charge in [-0.05, 0) is 32.0 Å². The zero-order valence-corrected chi connectivity index (χ0v) is 9.71. The Bertz CT molecular complexity index is 574. The van der Waals surface area contributed by atoms with Crippen LogP contribution in [-0.4, -0.2) is 26.0 Å². The SMILES string of the molecule is CCn1nc2ccc(O)cc2c1C(C)C(=O)O. The molecule has 1 aromatic carbocycles. The summed E-state index contributed by atoms with van der Waals surface area (Å²) in [4.78, 5) is 11.1. The predicted octanol–water partition coefficient (Wildman–Crippen LogP) is 1.95. The summed E-state index contributed by atoms with van der Waals surface area (Å²) in [7, 11) is 0. The van der Waals surface area contributed by atoms with Gasteiger partial charge in [-0.15, -0.1) is 0 Å². The van der Waals surface area contributed by atoms with Crippen LogP contribution in [0.25, 0.3) is 10.9 Å². The number of aromatic nitrogens is 2. The molecule has 1 atom stereocenters. The van der Waals surface area contributed by atoms with Crippen molar-refractivity contribution in [2.75, 3.05) is 0 Å². The van der Waals surface area contributed by atoms with E-state index >= 15 is 0 Å². The minimum absolute atomic E-state index is 0.118. The lowest BCUT2D eigenvalue weighted by atomic mass is 10.0. The molecule has 0 radical (unpaired) electrons. The molecule has 0 aliphatic rings. The topological polar surface area (TPSA) is 75.3 Å². The number of benzene rings is 1. The Kier molecular flexibility index (Phi) is 2.75. The number of aromatic hydroxyl groups is 1. The van der Waals surface area contributed by atoms with E-state index in [4.69, 9.17) is 5.11 Å². The predicted molar refractivity (Wildman–Crippen MR) is 63.1 cm³/mol. The van der Waals surface area contributed by atoms with E-state index in [2.05, 4.69) is 5.10 Å². The van der Waals surface area contributed by atoms with Gasteiger partial charge in [0.15, 0.2) is 0 Å². The minimum atomic E-state index is -0.898. The number of aryl methyl sites for hydroxylation is 1. The second-order valence-electron chi connectivity index (χ2n) is 3.96. The van der Waals surface area contributed by atoms with Crippen LogP contribution in [0.15, 0.2) is 18.2 Å². The van der Waals surface area contributed by atoms with Crippen LogP contribution in [0.3, 0.4) is 0 Å². The number of aliphatic carboxylic acids is 1. The molecule has 0 spiro atoms. The van der Waals surface area contributed by atoms with Crippen LogP contribution in [0.1, 0.15) is 25.5 Å². The van der Waals surface area contributed by atoms with Crippen LogP contribution in [0, 0.1) is 0 Å². The van der Waals surface area contributed by atoms with Crippen molar-refractivity contribution in [2.45, 2.75) is 26.3 Å². The van der Waals surface area contributed by atoms with Crippen molar-refractivity contribution in [1.82, 2.24) is 9.78 Å². The molecule has 17 heavy (non-hydrogen) atoms. The van der Waals surface area contributed by atoms with Gasteiger partial charge in [0.25, 0.3) is 0 Å². The largest absolute Gasteiger partial charge is 0.508 e. The number of nitrogens with zero attached hydrogens (tertiary/aromatic N) is 2. The van der Waals surface area contributed by atoms with Crippen LogP contribution in [0.4, 0.5) is 0 Å². The van der Waals surface area contributed by atoms with Gasteiger partial charge >= 0.3 is 5.97 Å². The Morgan fingerprint density at radius 1 is 1.53 bits per heavy atom. The van der Waals surface area contributed by atoms with Crippen molar-refractivity contribution in [1.29, 1.82) is 0 Å². The second-order valence-corrected chi connectivity index (χ2v) is 3.96. The fourth-order valence-corrected chi connectivity index (χ4v) is 1.95. The van der Waals surface area contributed by atoms with E-state index in [1.165, 1.54) is 0 Å². The van der Waals surface area contributed by atoms with Gasteiger partial charge in [0.05, 0.1) is 17.1 Å². The van der Waals surface area contributed by atoms with E-state index < -0.39 is 11.9 Å². The van der Waals surface area contributed by atoms with Crippen LogP contribution < -0.4 is 0 Å². The molecule has 0 saturated carbocycles. The van der Waals surface area contributed by atoms with Gasteiger partial charge in [0, 0.05) is 11.9 Å². The lowest BCUT2D eigenvalue weighted by molar-refractivity contribution is -0.138. The van der Waals surface area contributed by atoms with E-state index in [1.807, 2.05) is 6.92 Å². The summed E-state index contributed by atoms with van der Waals surface area (Å²) in [6, 6.07) is 4.79. The Labute approximate surface area is 98.3 Å². The number of hydrogen-bond acceptors (Lipinski definition) is 3. The molecule has 0 bridgehead atoms. The number of phenols is 1. The molecule has 5 heteroatoms. The third-order valence-corrected chi connectivity index (χ3v) is 2.84. The number of fused-ring (bicyclic) bond motifs is 1. The molecule has 2 rings (SSSR count). The van der Waals surface area contributed by atoms with E-state index in [9.17, 15) is 9.90 Å². The van der Waals surface area contributed by atoms with E-state index in [-0.39, 0.29) is 5.75 Å². The minimum Gasteiger partial charge on any atom is -0.508 e. The molecule has 2 aromatic rings. The van der Waals surface area contributed by atoms with E-state index in [1.54, 1.807) is 29.8 Å². The standard InChI is InChI=1S/C12H14N2O3/c1-3-14-11(7(2)12(16)17)9-6-8(15)4-5-10(9)13-14/h4-7,15H,3H2,1-2H3,(H,16,17). The maximum Gasteiger partial charge on any atom is 0.312 e. The lowest BCUT2D eigenvalue weighted by Gasteiger charge is -2.09. The molecule has 2 N–H and O–H groups in total. The summed E-state index contributed by atoms with van der Waals surface area (Å²) in [6.45, 7) is 4.13. The number of carboxylic acids is 1. The van der Waals surface area contributed by atoms with E-state index in [0.29, 0.717) is 23.1 Å². The quantitative estimate of drug-likeness (QED) is 0.851. The highest BCUT2D eigenvalue weighted by Crippen LogP contribution is 2.28. The third-order valence-electron chi connectivity index (χ3n) is 2.84. The maximum absolute atomic E-state index is 11.1. The first kappa shape index (κ1) is 11.4. The van der Waals surface area contributed by atoms with Gasteiger partial charge in [0.1, 0.15) is 5.75 Å². The molecule has 0 aliphatic heterocycles. The van der Waals surface area contributed by atoms with Crippen molar-refractivity contribution in [3.05, 3.63) is 23.9 Å². The van der Waals surface area contributed by atoms with Gasteiger partial charge in [-0.2, -0.15) is 5.10 Å². The number of rotatable bonds is 3. The van der Waals surface area contributed by atoms with Crippen LogP contribution >= 0.6 is 0 Å². The first-order valence-electron chi connectivity index (χ1n) is 5.46. The summed E-state index contributed by atoms with van der Waals surface area (Å²) >= 11 is 0. The highest BCUT2D eigenvalue weighted by Gasteiger charge is 2.22. The van der Waals surface area contributed by atoms with E-state index in [0.717, 1.165) is 0 Å². The molecule has 0 fully saturated rings. The zero-order valence-electron chi connectivity index (χ0n) is 9.71. The molecule has 0 aliphatic carbocycles. The van der Waals surface area contributed by atoms with Gasteiger partial charge < -0.3 is 10.2 Å². The number of carboxylic acid groups (broad SMARTS) is 1. The van der Waals surface area contributed by atoms with Crippen LogP contribution in [0.2, 0.25) is 0 Å². The summed E-state index contributed by atoms with van der Waals surface area (Å²) in [5.74, 6) is -1.43. The van der Waals surface area contributed by atoms with Crippen LogP contribution in [0.5, 0.6) is 5.75 Å². The van der Waals surface area contributed by atoms with Crippen molar-refractivity contribution in [2.24, 2.45) is 0 Å². The van der Waals surface area contributed by atoms with Crippen molar-refractivity contribution < 1.29 is 15.0 Å². The van der Waals surface area contributed by atoms with Gasteiger partial charge in [-0.3, -0.25) is 9.48 Å². The first-order valence-corrected chi connectivity index (χ1v) is 5.46. The Morgan fingerprint density at radius 3 is 2.82 bits per heavy atom. The van der Waals surface area contributed by atoms with Crippen molar-refractivity contribution >= 4 is 16.9 Å².